The van der Waals surface area contributed by atoms with Crippen molar-refractivity contribution in [1.29, 1.82) is 0 Å². The van der Waals surface area contributed by atoms with E-state index >= 15 is 0 Å². The Bertz CT molecular complexity index is 562. The maximum absolute atomic E-state index is 5.86. The van der Waals surface area contributed by atoms with Gasteiger partial charge in [-0.2, -0.15) is 0 Å². The van der Waals surface area contributed by atoms with Gasteiger partial charge in [0.1, 0.15) is 5.69 Å². The van der Waals surface area contributed by atoms with E-state index in [4.69, 9.17) is 11.5 Å². The SMILES string of the molecule is Cc1cncc(N=C(N)c2ncccc2N)c1. The summed E-state index contributed by atoms with van der Waals surface area (Å²) in [5.74, 6) is 0.288. The number of anilines is 1. The molecule has 0 saturated heterocycles. The largest absolute Gasteiger partial charge is 0.397 e. The molecule has 4 N–H and O–H groups in total. The van der Waals surface area contributed by atoms with Gasteiger partial charge >= 0.3 is 0 Å². The topological polar surface area (TPSA) is 90.2 Å². The molecule has 0 amide bonds. The molecular formula is C12H13N5. The van der Waals surface area contributed by atoms with Gasteiger partial charge in [-0.25, -0.2) is 4.99 Å². The fourth-order valence-electron chi connectivity index (χ4n) is 1.42. The zero-order chi connectivity index (χ0) is 12.3. The maximum Gasteiger partial charge on any atom is 0.152 e. The molecule has 0 aliphatic carbocycles. The first-order chi connectivity index (χ1) is 8.16. The number of aryl methyl sites for hydroxylation is 1. The molecule has 0 bridgehead atoms. The Morgan fingerprint density at radius 3 is 2.88 bits per heavy atom. The smallest absolute Gasteiger partial charge is 0.152 e. The van der Waals surface area contributed by atoms with E-state index in [1.165, 1.54) is 0 Å². The number of amidine groups is 1. The van der Waals surface area contributed by atoms with Crippen molar-refractivity contribution in [1.82, 2.24) is 9.97 Å². The van der Waals surface area contributed by atoms with E-state index < -0.39 is 0 Å². The molecule has 5 nitrogen and oxygen atoms in total. The lowest BCUT2D eigenvalue weighted by molar-refractivity contribution is 1.24. The predicted octanol–water partition coefficient (Wildman–Crippen LogP) is 1.40. The number of rotatable bonds is 2. The van der Waals surface area contributed by atoms with E-state index in [1.54, 1.807) is 30.7 Å². The number of aliphatic imine (C=N–C) groups is 1. The van der Waals surface area contributed by atoms with Crippen LogP contribution in [0.25, 0.3) is 0 Å². The summed E-state index contributed by atoms with van der Waals surface area (Å²) in [4.78, 5) is 12.4. The monoisotopic (exact) mass is 227 g/mol. The van der Waals surface area contributed by atoms with Crippen LogP contribution in [-0.2, 0) is 0 Å². The molecule has 0 radical (unpaired) electrons. The second kappa shape index (κ2) is 4.61. The van der Waals surface area contributed by atoms with Gasteiger partial charge in [-0.3, -0.25) is 9.97 Å². The van der Waals surface area contributed by atoms with Crippen LogP contribution in [0.4, 0.5) is 11.4 Å². The van der Waals surface area contributed by atoms with E-state index in [0.717, 1.165) is 5.56 Å². The molecule has 0 aliphatic heterocycles. The molecule has 0 saturated carbocycles. The van der Waals surface area contributed by atoms with Gasteiger partial charge in [-0.1, -0.05) is 0 Å². The maximum atomic E-state index is 5.86. The molecule has 17 heavy (non-hydrogen) atoms. The third-order valence-electron chi connectivity index (χ3n) is 2.19. The summed E-state index contributed by atoms with van der Waals surface area (Å²) in [6.45, 7) is 1.94. The number of nitrogens with zero attached hydrogens (tertiary/aromatic N) is 3. The standard InChI is InChI=1S/C12H13N5/c1-8-5-9(7-15-6-8)17-12(14)11-10(13)3-2-4-16-11/h2-7H,13H2,1H3,(H2,14,17). The predicted molar refractivity (Wildman–Crippen MR) is 68.0 cm³/mol. The Morgan fingerprint density at radius 1 is 1.35 bits per heavy atom. The molecule has 2 rings (SSSR count). The summed E-state index contributed by atoms with van der Waals surface area (Å²) < 4.78 is 0. The van der Waals surface area contributed by atoms with Gasteiger partial charge in [-0.15, -0.1) is 0 Å². The Kier molecular flexibility index (Phi) is 3.00. The normalized spacial score (nSPS) is 11.5. The van der Waals surface area contributed by atoms with Crippen LogP contribution in [0.3, 0.4) is 0 Å². The summed E-state index contributed by atoms with van der Waals surface area (Å²) in [5, 5.41) is 0. The van der Waals surface area contributed by atoms with Crippen LogP contribution in [0.1, 0.15) is 11.3 Å². The lowest BCUT2D eigenvalue weighted by atomic mass is 10.2. The van der Waals surface area contributed by atoms with Gasteiger partial charge in [0.05, 0.1) is 17.6 Å². The van der Waals surface area contributed by atoms with Crippen molar-refractivity contribution in [2.75, 3.05) is 5.73 Å². The third-order valence-corrected chi connectivity index (χ3v) is 2.19. The molecule has 0 aliphatic rings. The molecule has 0 aromatic carbocycles. The molecule has 0 spiro atoms. The number of hydrogen-bond acceptors (Lipinski definition) is 4. The summed E-state index contributed by atoms with van der Waals surface area (Å²) in [6.07, 6.45) is 5.02. The molecular weight excluding hydrogens is 214 g/mol. The van der Waals surface area contributed by atoms with Crippen molar-refractivity contribution in [2.24, 2.45) is 10.7 Å². The molecule has 86 valence electrons. The number of aromatic nitrogens is 2. The van der Waals surface area contributed by atoms with E-state index in [-0.39, 0.29) is 5.84 Å². The minimum atomic E-state index is 0.288. The number of hydrogen-bond donors (Lipinski definition) is 2. The fraction of sp³-hybridized carbons (Fsp3) is 0.0833. The Morgan fingerprint density at radius 2 is 2.18 bits per heavy atom. The van der Waals surface area contributed by atoms with E-state index in [1.807, 2.05) is 13.0 Å². The lowest BCUT2D eigenvalue weighted by Gasteiger charge is -2.03. The first-order valence-electron chi connectivity index (χ1n) is 5.13. The van der Waals surface area contributed by atoms with Crippen molar-refractivity contribution in [3.8, 4) is 0 Å². The van der Waals surface area contributed by atoms with E-state index in [9.17, 15) is 0 Å². The summed E-state index contributed by atoms with van der Waals surface area (Å²) in [7, 11) is 0. The second-order valence-corrected chi connectivity index (χ2v) is 3.66. The molecule has 2 aromatic rings. The van der Waals surface area contributed by atoms with Crippen LogP contribution in [0.15, 0.2) is 41.8 Å². The van der Waals surface area contributed by atoms with Crippen LogP contribution in [-0.4, -0.2) is 15.8 Å². The van der Waals surface area contributed by atoms with Crippen LogP contribution < -0.4 is 11.5 Å². The van der Waals surface area contributed by atoms with E-state index in [0.29, 0.717) is 17.1 Å². The van der Waals surface area contributed by atoms with Gasteiger partial charge in [0.2, 0.25) is 0 Å². The highest BCUT2D eigenvalue weighted by Gasteiger charge is 2.04. The van der Waals surface area contributed by atoms with Crippen molar-refractivity contribution >= 4 is 17.2 Å². The van der Waals surface area contributed by atoms with Crippen LogP contribution >= 0.6 is 0 Å². The van der Waals surface area contributed by atoms with Gasteiger partial charge in [0.15, 0.2) is 5.84 Å². The number of nitrogens with two attached hydrogens (primary N) is 2. The van der Waals surface area contributed by atoms with Crippen LogP contribution in [0.2, 0.25) is 0 Å². The van der Waals surface area contributed by atoms with E-state index in [2.05, 4.69) is 15.0 Å². The van der Waals surface area contributed by atoms with Crippen molar-refractivity contribution in [2.45, 2.75) is 6.92 Å². The highest BCUT2D eigenvalue weighted by atomic mass is 14.9. The average Bonchev–Trinajstić information content (AvgIpc) is 2.29. The third kappa shape index (κ3) is 2.57. The summed E-state index contributed by atoms with van der Waals surface area (Å²) in [6, 6.07) is 5.37. The molecule has 0 atom stereocenters. The number of nitrogen functional groups attached to an aromatic ring is 1. The Balaban J connectivity index is 2.38. The molecule has 0 fully saturated rings. The zero-order valence-corrected chi connectivity index (χ0v) is 9.46. The number of pyridine rings is 2. The first-order valence-corrected chi connectivity index (χ1v) is 5.13. The summed E-state index contributed by atoms with van der Waals surface area (Å²) >= 11 is 0. The highest BCUT2D eigenvalue weighted by molar-refractivity contribution is 6.01. The van der Waals surface area contributed by atoms with Gasteiger partial charge < -0.3 is 11.5 Å². The average molecular weight is 227 g/mol. The Hall–Kier alpha value is -2.43. The minimum Gasteiger partial charge on any atom is -0.397 e. The molecule has 2 aromatic heterocycles. The van der Waals surface area contributed by atoms with Crippen LogP contribution in [0.5, 0.6) is 0 Å². The zero-order valence-electron chi connectivity index (χ0n) is 9.46. The minimum absolute atomic E-state index is 0.288. The van der Waals surface area contributed by atoms with Crippen LogP contribution in [0, 0.1) is 6.92 Å². The van der Waals surface area contributed by atoms with Crippen molar-refractivity contribution in [3.63, 3.8) is 0 Å². The Labute approximate surface area is 99.2 Å². The molecule has 0 unspecified atom stereocenters. The van der Waals surface area contributed by atoms with Gasteiger partial charge in [0, 0.05) is 12.4 Å². The first kappa shape index (κ1) is 11.1. The second-order valence-electron chi connectivity index (χ2n) is 3.66. The lowest BCUT2D eigenvalue weighted by Crippen LogP contribution is -2.16. The van der Waals surface area contributed by atoms with Gasteiger partial charge in [0.25, 0.3) is 0 Å². The summed E-state index contributed by atoms with van der Waals surface area (Å²) in [5.41, 5.74) is 14.3. The quantitative estimate of drug-likeness (QED) is 0.599. The van der Waals surface area contributed by atoms with Crippen molar-refractivity contribution < 1.29 is 0 Å². The van der Waals surface area contributed by atoms with Gasteiger partial charge in [-0.05, 0) is 30.7 Å². The fourth-order valence-corrected chi connectivity index (χ4v) is 1.42. The molecule has 5 heteroatoms. The van der Waals surface area contributed by atoms with Crippen molar-refractivity contribution in [3.05, 3.63) is 48.0 Å². The molecule has 2 heterocycles. The highest BCUT2D eigenvalue weighted by Crippen LogP contribution is 2.14.